The summed E-state index contributed by atoms with van der Waals surface area (Å²) < 4.78 is 2.29. The number of aromatic nitrogens is 1. The number of carbonyl (C=O) groups excluding carboxylic acids is 2. The maximum atomic E-state index is 12.7. The Morgan fingerprint density at radius 2 is 1.59 bits per heavy atom. The van der Waals surface area contributed by atoms with Crippen LogP contribution in [0.25, 0.3) is 5.69 Å². The lowest BCUT2D eigenvalue weighted by atomic mass is 10.2. The van der Waals surface area contributed by atoms with E-state index in [1.165, 1.54) is 10.6 Å². The summed E-state index contributed by atoms with van der Waals surface area (Å²) in [6.45, 7) is 3.67. The van der Waals surface area contributed by atoms with Gasteiger partial charge in [0, 0.05) is 33.6 Å². The second kappa shape index (κ2) is 8.87. The van der Waals surface area contributed by atoms with Gasteiger partial charge in [-0.1, -0.05) is 15.9 Å². The van der Waals surface area contributed by atoms with Crippen LogP contribution in [0.3, 0.4) is 0 Å². The Hall–Kier alpha value is -3.19. The van der Waals surface area contributed by atoms with Crippen LogP contribution in [0, 0.1) is 0 Å². The lowest BCUT2D eigenvalue weighted by Gasteiger charge is -2.11. The molecule has 0 saturated heterocycles. The van der Waals surface area contributed by atoms with Crippen molar-refractivity contribution in [3.63, 3.8) is 0 Å². The van der Waals surface area contributed by atoms with E-state index >= 15 is 0 Å². The molecule has 2 N–H and O–H groups in total. The van der Waals surface area contributed by atoms with Crippen LogP contribution in [0.15, 0.2) is 76.1 Å². The molecule has 0 aliphatic rings. The van der Waals surface area contributed by atoms with Gasteiger partial charge in [0.25, 0.3) is 17.4 Å². The number of hydrogen-bond donors (Lipinski definition) is 2. The summed E-state index contributed by atoms with van der Waals surface area (Å²) in [5, 5.41) is 5.54. The molecule has 1 aromatic heterocycles. The molecule has 0 aliphatic heterocycles. The molecule has 0 radical (unpaired) electrons. The van der Waals surface area contributed by atoms with E-state index in [1.54, 1.807) is 60.8 Å². The molecule has 0 spiro atoms. The standard InChI is InChI=1S/C22H20BrN3O3/c1-14(2)24-21(28)19-4-3-13-26(22(19)29)18-11-9-17(10-12-18)25-20(27)15-5-7-16(23)8-6-15/h3-14H,1-2H3,(H,24,28)(H,25,27). The average Bonchev–Trinajstić information content (AvgIpc) is 2.69. The fourth-order valence-corrected chi connectivity index (χ4v) is 2.98. The molecule has 0 unspecified atom stereocenters. The molecule has 7 heteroatoms. The van der Waals surface area contributed by atoms with Gasteiger partial charge in [0.05, 0.1) is 0 Å². The van der Waals surface area contributed by atoms with Crippen LogP contribution >= 0.6 is 15.9 Å². The second-order valence-electron chi connectivity index (χ2n) is 6.73. The van der Waals surface area contributed by atoms with Crippen molar-refractivity contribution >= 4 is 33.4 Å². The molecule has 6 nitrogen and oxygen atoms in total. The van der Waals surface area contributed by atoms with Crippen LogP contribution in [0.1, 0.15) is 34.6 Å². The van der Waals surface area contributed by atoms with E-state index in [-0.39, 0.29) is 17.5 Å². The molecule has 0 bridgehead atoms. The fraction of sp³-hybridized carbons (Fsp3) is 0.136. The van der Waals surface area contributed by atoms with Crippen molar-refractivity contribution in [3.8, 4) is 5.69 Å². The van der Waals surface area contributed by atoms with Crippen LogP contribution < -0.4 is 16.2 Å². The number of benzene rings is 2. The number of amides is 2. The highest BCUT2D eigenvalue weighted by molar-refractivity contribution is 9.10. The SMILES string of the molecule is CC(C)NC(=O)c1cccn(-c2ccc(NC(=O)c3ccc(Br)cc3)cc2)c1=O. The first-order valence-electron chi connectivity index (χ1n) is 9.05. The highest BCUT2D eigenvalue weighted by atomic mass is 79.9. The quantitative estimate of drug-likeness (QED) is 0.612. The van der Waals surface area contributed by atoms with Gasteiger partial charge in [0.2, 0.25) is 0 Å². The zero-order valence-electron chi connectivity index (χ0n) is 16.0. The Kier molecular flexibility index (Phi) is 6.29. The predicted molar refractivity (Wildman–Crippen MR) is 117 cm³/mol. The third kappa shape index (κ3) is 5.00. The van der Waals surface area contributed by atoms with Gasteiger partial charge < -0.3 is 10.6 Å². The lowest BCUT2D eigenvalue weighted by Crippen LogP contribution is -2.35. The van der Waals surface area contributed by atoms with Crippen LogP contribution in [0.5, 0.6) is 0 Å². The Morgan fingerprint density at radius 3 is 2.21 bits per heavy atom. The average molecular weight is 454 g/mol. The number of pyridine rings is 1. The Bertz CT molecular complexity index is 1090. The highest BCUT2D eigenvalue weighted by Gasteiger charge is 2.14. The van der Waals surface area contributed by atoms with E-state index in [4.69, 9.17) is 0 Å². The number of nitrogens with one attached hydrogen (secondary N) is 2. The smallest absolute Gasteiger partial charge is 0.267 e. The molecule has 0 aliphatic carbocycles. The topological polar surface area (TPSA) is 80.2 Å². The number of nitrogens with zero attached hydrogens (tertiary/aromatic N) is 1. The van der Waals surface area contributed by atoms with E-state index in [2.05, 4.69) is 26.6 Å². The lowest BCUT2D eigenvalue weighted by molar-refractivity contribution is 0.0940. The van der Waals surface area contributed by atoms with Gasteiger partial charge in [0.1, 0.15) is 5.56 Å². The van der Waals surface area contributed by atoms with Crippen molar-refractivity contribution in [2.75, 3.05) is 5.32 Å². The van der Waals surface area contributed by atoms with Crippen molar-refractivity contribution < 1.29 is 9.59 Å². The molecule has 0 atom stereocenters. The van der Waals surface area contributed by atoms with Gasteiger partial charge in [-0.15, -0.1) is 0 Å². The first kappa shape index (κ1) is 20.5. The first-order chi connectivity index (χ1) is 13.8. The van der Waals surface area contributed by atoms with E-state index < -0.39 is 11.5 Å². The largest absolute Gasteiger partial charge is 0.350 e. The Labute approximate surface area is 176 Å². The Balaban J connectivity index is 1.80. The summed E-state index contributed by atoms with van der Waals surface area (Å²) in [7, 11) is 0. The van der Waals surface area contributed by atoms with Gasteiger partial charge in [0.15, 0.2) is 0 Å². The predicted octanol–water partition coefficient (Wildman–Crippen LogP) is 3.99. The zero-order chi connectivity index (χ0) is 21.0. The van der Waals surface area contributed by atoms with Gasteiger partial charge in [-0.2, -0.15) is 0 Å². The van der Waals surface area contributed by atoms with E-state index in [9.17, 15) is 14.4 Å². The van der Waals surface area contributed by atoms with Gasteiger partial charge >= 0.3 is 0 Å². The van der Waals surface area contributed by atoms with Gasteiger partial charge in [-0.25, -0.2) is 0 Å². The fourth-order valence-electron chi connectivity index (χ4n) is 2.72. The summed E-state index contributed by atoms with van der Waals surface area (Å²) in [4.78, 5) is 37.2. The summed E-state index contributed by atoms with van der Waals surface area (Å²) in [6, 6.07) is 17.0. The van der Waals surface area contributed by atoms with Crippen LogP contribution in [-0.2, 0) is 0 Å². The molecule has 1 heterocycles. The van der Waals surface area contributed by atoms with Gasteiger partial charge in [-0.3, -0.25) is 19.0 Å². The highest BCUT2D eigenvalue weighted by Crippen LogP contribution is 2.15. The summed E-state index contributed by atoms with van der Waals surface area (Å²) in [6.07, 6.45) is 1.60. The zero-order valence-corrected chi connectivity index (χ0v) is 17.6. The normalized spacial score (nSPS) is 10.6. The molecule has 0 saturated carbocycles. The molecule has 2 amide bonds. The van der Waals surface area contributed by atoms with Crippen LogP contribution in [0.2, 0.25) is 0 Å². The minimum atomic E-state index is -0.405. The van der Waals surface area contributed by atoms with E-state index in [0.29, 0.717) is 16.9 Å². The van der Waals surface area contributed by atoms with E-state index in [1.807, 2.05) is 13.8 Å². The number of carbonyl (C=O) groups is 2. The minimum Gasteiger partial charge on any atom is -0.350 e. The number of hydrogen-bond acceptors (Lipinski definition) is 3. The summed E-state index contributed by atoms with van der Waals surface area (Å²) in [5.41, 5.74) is 1.41. The van der Waals surface area contributed by atoms with Crippen LogP contribution in [0.4, 0.5) is 5.69 Å². The van der Waals surface area contributed by atoms with Crippen molar-refractivity contribution in [2.45, 2.75) is 19.9 Å². The molecule has 3 rings (SSSR count). The van der Waals surface area contributed by atoms with Crippen molar-refractivity contribution in [3.05, 3.63) is 92.8 Å². The van der Waals surface area contributed by atoms with Crippen molar-refractivity contribution in [2.24, 2.45) is 0 Å². The number of anilines is 1. The number of halogens is 1. The van der Waals surface area contributed by atoms with E-state index in [0.717, 1.165) is 4.47 Å². The van der Waals surface area contributed by atoms with Crippen LogP contribution in [-0.4, -0.2) is 22.4 Å². The first-order valence-corrected chi connectivity index (χ1v) is 9.84. The number of rotatable bonds is 5. The molecular formula is C22H20BrN3O3. The third-order valence-corrected chi connectivity index (χ3v) is 4.65. The molecule has 148 valence electrons. The second-order valence-corrected chi connectivity index (χ2v) is 7.65. The van der Waals surface area contributed by atoms with Gasteiger partial charge in [-0.05, 0) is 74.5 Å². The maximum Gasteiger partial charge on any atom is 0.267 e. The summed E-state index contributed by atoms with van der Waals surface area (Å²) in [5.74, 6) is -0.632. The molecule has 29 heavy (non-hydrogen) atoms. The molecule has 2 aromatic carbocycles. The molecule has 0 fully saturated rings. The van der Waals surface area contributed by atoms with Crippen molar-refractivity contribution in [1.29, 1.82) is 0 Å². The monoisotopic (exact) mass is 453 g/mol. The Morgan fingerprint density at radius 1 is 0.931 bits per heavy atom. The minimum absolute atomic E-state index is 0.0656. The van der Waals surface area contributed by atoms with Crippen molar-refractivity contribution in [1.82, 2.24) is 9.88 Å². The molecule has 3 aromatic rings. The molecular weight excluding hydrogens is 434 g/mol. The third-order valence-electron chi connectivity index (χ3n) is 4.12. The summed E-state index contributed by atoms with van der Waals surface area (Å²) >= 11 is 3.34. The maximum absolute atomic E-state index is 12.7.